The minimum absolute atomic E-state index is 0.0459. The van der Waals surface area contributed by atoms with Crippen LogP contribution in [0.1, 0.15) is 32.9 Å². The minimum Gasteiger partial charge on any atom is -0.480 e. The SMILES string of the molecule is CC(C)(C)OCCC(NC(=O)Cc1csc(-c2cccc(F)c2)n1)C(=O)O. The van der Waals surface area contributed by atoms with E-state index in [-0.39, 0.29) is 30.9 Å². The average Bonchev–Trinajstić information content (AvgIpc) is 3.01. The summed E-state index contributed by atoms with van der Waals surface area (Å²) in [5, 5.41) is 14.1. The van der Waals surface area contributed by atoms with Crippen molar-refractivity contribution in [2.24, 2.45) is 0 Å². The Labute approximate surface area is 161 Å². The third-order valence-corrected chi connectivity index (χ3v) is 4.48. The van der Waals surface area contributed by atoms with E-state index in [1.165, 1.54) is 23.5 Å². The Balaban J connectivity index is 1.93. The zero-order chi connectivity index (χ0) is 20.0. The molecule has 2 rings (SSSR count). The number of amides is 1. The maximum atomic E-state index is 13.3. The van der Waals surface area contributed by atoms with Crippen molar-refractivity contribution in [3.05, 3.63) is 41.2 Å². The predicted octanol–water partition coefficient (Wildman–Crippen LogP) is 3.27. The van der Waals surface area contributed by atoms with Gasteiger partial charge in [0.05, 0.1) is 17.7 Å². The first-order valence-electron chi connectivity index (χ1n) is 8.50. The molecule has 0 radical (unpaired) electrons. The monoisotopic (exact) mass is 394 g/mol. The van der Waals surface area contributed by atoms with Gasteiger partial charge in [0.25, 0.3) is 0 Å². The van der Waals surface area contributed by atoms with Crippen molar-refractivity contribution in [1.29, 1.82) is 0 Å². The van der Waals surface area contributed by atoms with Gasteiger partial charge in [-0.25, -0.2) is 14.2 Å². The van der Waals surface area contributed by atoms with Crippen molar-refractivity contribution in [2.75, 3.05) is 6.61 Å². The number of carbonyl (C=O) groups excluding carboxylic acids is 1. The molecule has 27 heavy (non-hydrogen) atoms. The maximum Gasteiger partial charge on any atom is 0.326 e. The number of carboxylic acids is 1. The topological polar surface area (TPSA) is 88.5 Å². The fourth-order valence-corrected chi connectivity index (χ4v) is 3.11. The number of carbonyl (C=O) groups is 2. The summed E-state index contributed by atoms with van der Waals surface area (Å²) in [6.45, 7) is 5.85. The lowest BCUT2D eigenvalue weighted by molar-refractivity contribution is -0.142. The minimum atomic E-state index is -1.11. The second-order valence-electron chi connectivity index (χ2n) is 7.04. The van der Waals surface area contributed by atoms with Crippen LogP contribution >= 0.6 is 11.3 Å². The van der Waals surface area contributed by atoms with Crippen molar-refractivity contribution < 1.29 is 23.8 Å². The van der Waals surface area contributed by atoms with Gasteiger partial charge in [-0.05, 0) is 32.9 Å². The molecular weight excluding hydrogens is 371 g/mol. The van der Waals surface area contributed by atoms with Crippen LogP contribution in [0, 0.1) is 5.82 Å². The van der Waals surface area contributed by atoms with Crippen LogP contribution in [0.5, 0.6) is 0 Å². The first-order chi connectivity index (χ1) is 12.6. The number of aliphatic carboxylic acids is 1. The Morgan fingerprint density at radius 3 is 2.74 bits per heavy atom. The van der Waals surface area contributed by atoms with Crippen LogP contribution in [0.3, 0.4) is 0 Å². The number of ether oxygens (including phenoxy) is 1. The highest BCUT2D eigenvalue weighted by Crippen LogP contribution is 2.24. The molecule has 2 aromatic rings. The lowest BCUT2D eigenvalue weighted by Gasteiger charge is -2.21. The van der Waals surface area contributed by atoms with Crippen LogP contribution in [-0.4, -0.2) is 40.2 Å². The maximum absolute atomic E-state index is 13.3. The molecule has 0 bridgehead atoms. The highest BCUT2D eigenvalue weighted by molar-refractivity contribution is 7.13. The van der Waals surface area contributed by atoms with Crippen LogP contribution in [0.25, 0.3) is 10.6 Å². The first-order valence-corrected chi connectivity index (χ1v) is 9.38. The number of carboxylic acid groups (broad SMARTS) is 1. The van der Waals surface area contributed by atoms with Gasteiger partial charge >= 0.3 is 5.97 Å². The first kappa shape index (κ1) is 21.0. The molecule has 0 saturated heterocycles. The van der Waals surface area contributed by atoms with Crippen molar-refractivity contribution in [2.45, 2.75) is 45.3 Å². The summed E-state index contributed by atoms with van der Waals surface area (Å²) in [5.74, 6) is -1.90. The van der Waals surface area contributed by atoms with E-state index < -0.39 is 17.9 Å². The van der Waals surface area contributed by atoms with Crippen molar-refractivity contribution in [1.82, 2.24) is 10.3 Å². The van der Waals surface area contributed by atoms with Crippen molar-refractivity contribution >= 4 is 23.2 Å². The van der Waals surface area contributed by atoms with Gasteiger partial charge in [-0.1, -0.05) is 12.1 Å². The molecule has 0 aliphatic heterocycles. The molecule has 0 aliphatic rings. The fraction of sp³-hybridized carbons (Fsp3) is 0.421. The molecule has 0 fully saturated rings. The van der Waals surface area contributed by atoms with Crippen molar-refractivity contribution in [3.8, 4) is 10.6 Å². The number of aromatic nitrogens is 1. The number of nitrogens with one attached hydrogen (secondary N) is 1. The van der Waals surface area contributed by atoms with Gasteiger partial charge in [-0.3, -0.25) is 4.79 Å². The summed E-state index contributed by atoms with van der Waals surface area (Å²) in [6, 6.07) is 5.03. The Kier molecular flexibility index (Phi) is 7.04. The fourth-order valence-electron chi connectivity index (χ4n) is 2.29. The average molecular weight is 394 g/mol. The summed E-state index contributed by atoms with van der Waals surface area (Å²) < 4.78 is 18.8. The zero-order valence-corrected chi connectivity index (χ0v) is 16.3. The van der Waals surface area contributed by atoms with Gasteiger partial charge in [0.15, 0.2) is 0 Å². The molecule has 146 valence electrons. The van der Waals surface area contributed by atoms with Crippen LogP contribution in [0.15, 0.2) is 29.6 Å². The van der Waals surface area contributed by atoms with Crippen molar-refractivity contribution in [3.63, 3.8) is 0 Å². The van der Waals surface area contributed by atoms with Crippen LogP contribution < -0.4 is 5.32 Å². The lowest BCUT2D eigenvalue weighted by Crippen LogP contribution is -2.42. The normalized spacial score (nSPS) is 12.6. The van der Waals surface area contributed by atoms with Crippen LogP contribution in [-0.2, 0) is 20.7 Å². The number of hydrogen-bond acceptors (Lipinski definition) is 5. The lowest BCUT2D eigenvalue weighted by atomic mass is 10.1. The van der Waals surface area contributed by atoms with Gasteiger partial charge in [0, 0.05) is 24.0 Å². The molecule has 1 aromatic carbocycles. The molecular formula is C19H23FN2O4S. The molecule has 1 heterocycles. The number of rotatable bonds is 8. The smallest absolute Gasteiger partial charge is 0.326 e. The third-order valence-electron chi connectivity index (χ3n) is 3.54. The Morgan fingerprint density at radius 1 is 1.37 bits per heavy atom. The molecule has 1 atom stereocenters. The number of benzene rings is 1. The highest BCUT2D eigenvalue weighted by atomic mass is 32.1. The molecule has 1 unspecified atom stereocenters. The van der Waals surface area contributed by atoms with E-state index in [4.69, 9.17) is 4.74 Å². The van der Waals surface area contributed by atoms with Gasteiger partial charge in [0.2, 0.25) is 5.91 Å². The van der Waals surface area contributed by atoms with E-state index in [0.29, 0.717) is 16.3 Å². The number of halogens is 1. The van der Waals surface area contributed by atoms with E-state index in [0.717, 1.165) is 0 Å². The summed E-state index contributed by atoms with van der Waals surface area (Å²) >= 11 is 1.30. The van der Waals surface area contributed by atoms with E-state index in [1.807, 2.05) is 20.8 Å². The highest BCUT2D eigenvalue weighted by Gasteiger charge is 2.21. The number of thiazole rings is 1. The van der Waals surface area contributed by atoms with Gasteiger partial charge in [-0.2, -0.15) is 0 Å². The summed E-state index contributed by atoms with van der Waals surface area (Å²) in [6.07, 6.45) is 0.125. The van der Waals surface area contributed by atoms with Crippen LogP contribution in [0.4, 0.5) is 4.39 Å². The van der Waals surface area contributed by atoms with Gasteiger partial charge < -0.3 is 15.2 Å². The van der Waals surface area contributed by atoms with Gasteiger partial charge in [0.1, 0.15) is 16.9 Å². The summed E-state index contributed by atoms with van der Waals surface area (Å²) in [5.41, 5.74) is 0.766. The number of nitrogens with zero attached hydrogens (tertiary/aromatic N) is 1. The Bertz CT molecular complexity index is 801. The predicted molar refractivity (Wildman–Crippen MR) is 101 cm³/mol. The summed E-state index contributed by atoms with van der Waals surface area (Å²) in [4.78, 5) is 27.8. The Morgan fingerprint density at radius 2 is 2.11 bits per heavy atom. The zero-order valence-electron chi connectivity index (χ0n) is 15.5. The van der Waals surface area contributed by atoms with E-state index in [9.17, 15) is 19.1 Å². The summed E-state index contributed by atoms with van der Waals surface area (Å²) in [7, 11) is 0. The third kappa shape index (κ3) is 7.07. The molecule has 0 spiro atoms. The van der Waals surface area contributed by atoms with Gasteiger partial charge in [-0.15, -0.1) is 11.3 Å². The second kappa shape index (κ2) is 9.05. The second-order valence-corrected chi connectivity index (χ2v) is 7.90. The molecule has 0 saturated carbocycles. The number of hydrogen-bond donors (Lipinski definition) is 2. The van der Waals surface area contributed by atoms with E-state index in [2.05, 4.69) is 10.3 Å². The molecule has 0 aliphatic carbocycles. The van der Waals surface area contributed by atoms with E-state index in [1.54, 1.807) is 17.5 Å². The molecule has 8 heteroatoms. The Hall–Kier alpha value is -2.32. The van der Waals surface area contributed by atoms with E-state index >= 15 is 0 Å². The standard InChI is InChI=1S/C19H23FN2O4S/c1-19(2,3)26-8-7-15(18(24)25)22-16(23)10-14-11-27-17(21-14)12-5-4-6-13(20)9-12/h4-6,9,11,15H,7-8,10H2,1-3H3,(H,22,23)(H,24,25). The molecule has 1 aromatic heterocycles. The van der Waals surface area contributed by atoms with Crippen LogP contribution in [0.2, 0.25) is 0 Å². The quantitative estimate of drug-likeness (QED) is 0.717. The molecule has 2 N–H and O–H groups in total. The largest absolute Gasteiger partial charge is 0.480 e. The molecule has 1 amide bonds. The molecule has 6 nitrogen and oxygen atoms in total.